The van der Waals surface area contributed by atoms with Crippen molar-refractivity contribution in [2.45, 2.75) is 6.54 Å². The third-order valence-corrected chi connectivity index (χ3v) is 4.21. The largest absolute Gasteiger partial charge is 0.457 e. The molecular weight excluding hydrogens is 399 g/mol. The van der Waals surface area contributed by atoms with E-state index in [1.54, 1.807) is 18.2 Å². The highest BCUT2D eigenvalue weighted by Crippen LogP contribution is 2.25. The second kappa shape index (κ2) is 9.85. The quantitative estimate of drug-likeness (QED) is 0.433. The van der Waals surface area contributed by atoms with Crippen molar-refractivity contribution in [3.63, 3.8) is 0 Å². The first-order chi connectivity index (χ1) is 13.6. The third kappa shape index (κ3) is 5.79. The molecule has 0 aliphatic heterocycles. The number of halogens is 2. The molecule has 3 aromatic rings. The lowest BCUT2D eigenvalue weighted by molar-refractivity contribution is -0.115. The lowest BCUT2D eigenvalue weighted by Gasteiger charge is -2.08. The molecule has 0 saturated carbocycles. The number of aliphatic imine (C=N–C) groups is 1. The van der Waals surface area contributed by atoms with Gasteiger partial charge in [-0.3, -0.25) is 20.2 Å². The highest BCUT2D eigenvalue weighted by Gasteiger charge is 2.06. The van der Waals surface area contributed by atoms with Gasteiger partial charge in [0.05, 0.1) is 21.9 Å². The zero-order valence-corrected chi connectivity index (χ0v) is 16.1. The van der Waals surface area contributed by atoms with Crippen molar-refractivity contribution in [2.24, 2.45) is 4.99 Å². The maximum absolute atomic E-state index is 11.9. The van der Waals surface area contributed by atoms with Crippen LogP contribution in [0.5, 0.6) is 11.5 Å². The van der Waals surface area contributed by atoms with Crippen molar-refractivity contribution in [1.29, 1.82) is 0 Å². The van der Waals surface area contributed by atoms with E-state index in [2.05, 4.69) is 20.8 Å². The summed E-state index contributed by atoms with van der Waals surface area (Å²) in [5, 5.41) is 0.830. The van der Waals surface area contributed by atoms with Crippen LogP contribution in [0.2, 0.25) is 10.0 Å². The number of carbonyl (C=O) groups is 1. The summed E-state index contributed by atoms with van der Waals surface area (Å²) >= 11 is 12.0. The van der Waals surface area contributed by atoms with E-state index >= 15 is 0 Å². The van der Waals surface area contributed by atoms with Crippen LogP contribution in [0.15, 0.2) is 72.0 Å². The molecule has 1 heterocycles. The molecule has 0 fully saturated rings. The number of para-hydroxylation sites is 1. The molecule has 8 heteroatoms. The Bertz CT molecular complexity index is 961. The summed E-state index contributed by atoms with van der Waals surface area (Å²) in [6, 6.07) is 16.5. The third-order valence-electron chi connectivity index (χ3n) is 3.56. The summed E-state index contributed by atoms with van der Waals surface area (Å²) in [4.78, 5) is 19.9. The summed E-state index contributed by atoms with van der Waals surface area (Å²) in [5.41, 5.74) is 6.48. The number of carbonyl (C=O) groups excluding carboxylic acids is 1. The number of nitrogens with zero attached hydrogens (tertiary/aromatic N) is 2. The Morgan fingerprint density at radius 3 is 2.50 bits per heavy atom. The van der Waals surface area contributed by atoms with Crippen LogP contribution in [0.25, 0.3) is 0 Å². The molecule has 6 nitrogen and oxygen atoms in total. The highest BCUT2D eigenvalue weighted by atomic mass is 35.5. The van der Waals surface area contributed by atoms with E-state index < -0.39 is 5.91 Å². The van der Waals surface area contributed by atoms with Crippen molar-refractivity contribution in [2.75, 3.05) is 0 Å². The van der Waals surface area contributed by atoms with Gasteiger partial charge in [0.2, 0.25) is 0 Å². The average Bonchev–Trinajstić information content (AvgIpc) is 2.70. The average molecular weight is 415 g/mol. The number of hydrazine groups is 1. The SMILES string of the molecule is O=C(C=Nc1cccc(Oc2ccccc2)c1)NNCc1c(Cl)cncc1Cl. The van der Waals surface area contributed by atoms with E-state index in [1.807, 2.05) is 36.4 Å². The smallest absolute Gasteiger partial charge is 0.276 e. The normalized spacial score (nSPS) is 10.8. The Morgan fingerprint density at radius 1 is 1.04 bits per heavy atom. The van der Waals surface area contributed by atoms with Crippen molar-refractivity contribution in [3.05, 3.63) is 82.6 Å². The predicted octanol–water partition coefficient (Wildman–Crippen LogP) is 4.70. The topological polar surface area (TPSA) is 75.6 Å². The molecule has 2 aromatic carbocycles. The number of hydrogen-bond acceptors (Lipinski definition) is 5. The van der Waals surface area contributed by atoms with Crippen LogP contribution in [0.3, 0.4) is 0 Å². The van der Waals surface area contributed by atoms with Gasteiger partial charge in [-0.15, -0.1) is 0 Å². The van der Waals surface area contributed by atoms with Crippen LogP contribution in [0, 0.1) is 0 Å². The molecule has 142 valence electrons. The van der Waals surface area contributed by atoms with E-state index in [-0.39, 0.29) is 6.54 Å². The van der Waals surface area contributed by atoms with Gasteiger partial charge in [-0.2, -0.15) is 0 Å². The van der Waals surface area contributed by atoms with Gasteiger partial charge in [0.25, 0.3) is 5.91 Å². The summed E-state index contributed by atoms with van der Waals surface area (Å²) in [7, 11) is 0. The standard InChI is InChI=1S/C20H16Cl2N4O2/c21-18-11-23-12-19(22)17(18)10-25-26-20(27)13-24-14-5-4-8-16(9-14)28-15-6-2-1-3-7-15/h1-9,11-13,25H,10H2,(H,26,27). The van der Waals surface area contributed by atoms with Crippen molar-refractivity contribution in [3.8, 4) is 11.5 Å². The Hall–Kier alpha value is -2.93. The van der Waals surface area contributed by atoms with E-state index in [9.17, 15) is 4.79 Å². The zero-order valence-electron chi connectivity index (χ0n) is 14.6. The fourth-order valence-electron chi connectivity index (χ4n) is 2.24. The van der Waals surface area contributed by atoms with Crippen LogP contribution < -0.4 is 15.6 Å². The molecule has 28 heavy (non-hydrogen) atoms. The molecule has 0 atom stereocenters. The minimum absolute atomic E-state index is 0.250. The Labute approximate surface area is 172 Å². The highest BCUT2D eigenvalue weighted by molar-refractivity contribution is 6.35. The summed E-state index contributed by atoms with van der Waals surface area (Å²) < 4.78 is 5.75. The molecule has 0 aliphatic carbocycles. The van der Waals surface area contributed by atoms with E-state index in [0.717, 1.165) is 5.75 Å². The van der Waals surface area contributed by atoms with E-state index in [4.69, 9.17) is 27.9 Å². The number of ether oxygens (including phenoxy) is 1. The van der Waals surface area contributed by atoms with Crippen LogP contribution in [0.1, 0.15) is 5.56 Å². The fraction of sp³-hybridized carbons (Fsp3) is 0.0500. The lowest BCUT2D eigenvalue weighted by atomic mass is 10.3. The Kier molecular flexibility index (Phi) is 6.97. The Morgan fingerprint density at radius 2 is 1.75 bits per heavy atom. The van der Waals surface area contributed by atoms with Gasteiger partial charge in [0.15, 0.2) is 0 Å². The maximum Gasteiger partial charge on any atom is 0.276 e. The van der Waals surface area contributed by atoms with Gasteiger partial charge in [0, 0.05) is 30.6 Å². The molecule has 0 aliphatic rings. The van der Waals surface area contributed by atoms with Gasteiger partial charge in [-0.05, 0) is 24.3 Å². The van der Waals surface area contributed by atoms with Crippen LogP contribution in [-0.2, 0) is 11.3 Å². The minimum atomic E-state index is -0.421. The summed E-state index contributed by atoms with van der Waals surface area (Å²) in [6.45, 7) is 0.250. The van der Waals surface area contributed by atoms with Gasteiger partial charge in [-0.1, -0.05) is 47.5 Å². The maximum atomic E-state index is 11.9. The van der Waals surface area contributed by atoms with Crippen LogP contribution >= 0.6 is 23.2 Å². The summed E-state index contributed by atoms with van der Waals surface area (Å²) in [6.07, 6.45) is 4.14. The second-order valence-corrected chi connectivity index (χ2v) is 6.41. The predicted molar refractivity (Wildman–Crippen MR) is 110 cm³/mol. The molecule has 0 saturated heterocycles. The second-order valence-electron chi connectivity index (χ2n) is 5.60. The number of pyridine rings is 1. The molecule has 1 aromatic heterocycles. The van der Waals surface area contributed by atoms with E-state index in [1.165, 1.54) is 18.6 Å². The number of rotatable bonds is 7. The Balaban J connectivity index is 1.53. The van der Waals surface area contributed by atoms with Gasteiger partial charge < -0.3 is 4.74 Å². The first-order valence-corrected chi connectivity index (χ1v) is 9.05. The lowest BCUT2D eigenvalue weighted by Crippen LogP contribution is -2.37. The van der Waals surface area contributed by atoms with Crippen LogP contribution in [0.4, 0.5) is 5.69 Å². The monoisotopic (exact) mass is 414 g/mol. The molecule has 2 N–H and O–H groups in total. The van der Waals surface area contributed by atoms with Gasteiger partial charge in [-0.25, -0.2) is 5.43 Å². The zero-order chi connectivity index (χ0) is 19.8. The molecule has 3 rings (SSSR count). The minimum Gasteiger partial charge on any atom is -0.457 e. The number of benzene rings is 2. The van der Waals surface area contributed by atoms with Crippen molar-refractivity contribution >= 4 is 41.0 Å². The molecule has 1 amide bonds. The number of nitrogens with one attached hydrogen (secondary N) is 2. The van der Waals surface area contributed by atoms with Gasteiger partial charge in [0.1, 0.15) is 11.5 Å². The van der Waals surface area contributed by atoms with Crippen molar-refractivity contribution < 1.29 is 9.53 Å². The fourth-order valence-corrected chi connectivity index (χ4v) is 2.74. The molecule has 0 unspecified atom stereocenters. The first-order valence-electron chi connectivity index (χ1n) is 8.29. The molecule has 0 bridgehead atoms. The number of aromatic nitrogens is 1. The summed E-state index contributed by atoms with van der Waals surface area (Å²) in [5.74, 6) is 0.927. The van der Waals surface area contributed by atoms with E-state index in [0.29, 0.717) is 27.0 Å². The molecular formula is C20H16Cl2N4O2. The first kappa shape index (κ1) is 19.8. The number of hydrogen-bond donors (Lipinski definition) is 2. The van der Waals surface area contributed by atoms with Gasteiger partial charge >= 0.3 is 0 Å². The molecule has 0 radical (unpaired) electrons. The molecule has 0 spiro atoms. The van der Waals surface area contributed by atoms with Crippen molar-refractivity contribution in [1.82, 2.24) is 15.8 Å². The van der Waals surface area contributed by atoms with Crippen LogP contribution in [-0.4, -0.2) is 17.1 Å². The number of amides is 1.